The van der Waals surface area contributed by atoms with Crippen LogP contribution in [0.25, 0.3) is 0 Å². The molecule has 0 atom stereocenters. The number of hydrogen-bond donors (Lipinski definition) is 0. The first-order chi connectivity index (χ1) is 6.24. The Morgan fingerprint density at radius 1 is 0.588 bits per heavy atom. The second kappa shape index (κ2) is 18.9. The molecule has 0 fully saturated rings. The molecule has 17 heavy (non-hydrogen) atoms. The first kappa shape index (κ1) is 30.5. The number of rotatable bonds is 8. The molecule has 0 aliphatic carbocycles. The predicted octanol–water partition coefficient (Wildman–Crippen LogP) is 1.61. The summed E-state index contributed by atoms with van der Waals surface area (Å²) in [5.74, 6) is 0. The largest absolute Gasteiger partial charge is 0.870 e. The van der Waals surface area contributed by atoms with Crippen molar-refractivity contribution in [2.75, 3.05) is 26.2 Å². The van der Waals surface area contributed by atoms with Crippen molar-refractivity contribution in [3.63, 3.8) is 0 Å². The molecule has 0 aromatic rings. The maximum Gasteiger partial charge on any atom is 0.0783 e. The molecule has 0 aromatic heterocycles. The van der Waals surface area contributed by atoms with Crippen LogP contribution in [0, 0.1) is 0 Å². The first-order valence-electron chi connectivity index (χ1n) is 6.09. The van der Waals surface area contributed by atoms with Crippen molar-refractivity contribution in [2.24, 2.45) is 0 Å². The molecule has 0 rings (SSSR count). The third kappa shape index (κ3) is 12.8. The molecule has 0 spiro atoms. The van der Waals surface area contributed by atoms with Gasteiger partial charge < -0.3 is 20.9 Å². The molecular weight excluding hydrogens is 254 g/mol. The zero-order valence-electron chi connectivity index (χ0n) is 12.1. The zero-order chi connectivity index (χ0) is 10.2. The van der Waals surface area contributed by atoms with E-state index in [4.69, 9.17) is 0 Å². The van der Waals surface area contributed by atoms with Gasteiger partial charge in [-0.2, -0.15) is 0 Å². The summed E-state index contributed by atoms with van der Waals surface area (Å²) in [4.78, 5) is 0. The van der Waals surface area contributed by atoms with Crippen LogP contribution in [0.4, 0.5) is 0 Å². The molecule has 0 aliphatic rings. The molecule has 0 bridgehead atoms. The average Bonchev–Trinajstić information content (AvgIpc) is 2.06. The second-order valence-electron chi connectivity index (χ2n) is 4.24. The topological polar surface area (TPSA) is 93.0 Å². The van der Waals surface area contributed by atoms with Crippen molar-refractivity contribution < 1.29 is 42.6 Å². The summed E-state index contributed by atoms with van der Waals surface area (Å²) in [5.41, 5.74) is 0. The Morgan fingerprint density at radius 3 is 0.882 bits per heavy atom. The number of hydrogen-bond acceptors (Lipinski definition) is 1. The first-order valence-corrected chi connectivity index (χ1v) is 6.09. The molecular formula is C12H33NO3Ti. The summed E-state index contributed by atoms with van der Waals surface area (Å²) in [7, 11) is 0. The standard InChI is InChI=1S/C12H28N.3H2O.Ti/c1-5-9-13(10-6-2,11-7-3)12-8-4;;;;/h5-12H2,1-4H3;3*1H2;/q+1;;;;/p-1. The summed E-state index contributed by atoms with van der Waals surface area (Å²) in [6.07, 6.45) is 5.33. The van der Waals surface area contributed by atoms with E-state index in [1.165, 1.54) is 56.3 Å². The van der Waals surface area contributed by atoms with Gasteiger partial charge in [0.25, 0.3) is 0 Å². The van der Waals surface area contributed by atoms with E-state index in [-0.39, 0.29) is 38.1 Å². The summed E-state index contributed by atoms with van der Waals surface area (Å²) in [5, 5.41) is 0. The van der Waals surface area contributed by atoms with Gasteiger partial charge in [-0.1, -0.05) is 27.7 Å². The van der Waals surface area contributed by atoms with E-state index in [9.17, 15) is 0 Å². The van der Waals surface area contributed by atoms with E-state index < -0.39 is 0 Å². The van der Waals surface area contributed by atoms with Crippen LogP contribution in [0.5, 0.6) is 0 Å². The van der Waals surface area contributed by atoms with Crippen LogP contribution in [-0.2, 0) is 21.7 Å². The summed E-state index contributed by atoms with van der Waals surface area (Å²) >= 11 is 0. The minimum Gasteiger partial charge on any atom is -0.870 e. The SMILES string of the molecule is CCC[N+](CCC)(CCC)CCC.O.O.[OH-].[Ti]. The molecule has 0 saturated heterocycles. The molecule has 108 valence electrons. The second-order valence-corrected chi connectivity index (χ2v) is 4.24. The maximum atomic E-state index is 2.31. The molecule has 0 unspecified atom stereocenters. The molecule has 5 N–H and O–H groups in total. The fourth-order valence-electron chi connectivity index (χ4n) is 2.57. The van der Waals surface area contributed by atoms with Gasteiger partial charge in [0, 0.05) is 21.7 Å². The van der Waals surface area contributed by atoms with Crippen LogP contribution in [0.3, 0.4) is 0 Å². The maximum absolute atomic E-state index is 2.31. The third-order valence-corrected chi connectivity index (χ3v) is 2.79. The summed E-state index contributed by atoms with van der Waals surface area (Å²) in [6.45, 7) is 14.8. The average molecular weight is 287 g/mol. The van der Waals surface area contributed by atoms with Gasteiger partial charge in [0.1, 0.15) is 0 Å². The van der Waals surface area contributed by atoms with Crippen molar-refractivity contribution >= 4 is 0 Å². The normalized spacial score (nSPS) is 9.18. The minimum atomic E-state index is 0. The Hall–Kier alpha value is 0.554. The Morgan fingerprint density at radius 2 is 0.765 bits per heavy atom. The molecule has 4 nitrogen and oxygen atoms in total. The van der Waals surface area contributed by atoms with E-state index in [1.807, 2.05) is 0 Å². The fourth-order valence-corrected chi connectivity index (χ4v) is 2.57. The van der Waals surface area contributed by atoms with Gasteiger partial charge in [0.15, 0.2) is 0 Å². The van der Waals surface area contributed by atoms with Crippen molar-refractivity contribution in [2.45, 2.75) is 53.4 Å². The van der Waals surface area contributed by atoms with Crippen molar-refractivity contribution in [1.82, 2.24) is 0 Å². The molecule has 0 amide bonds. The van der Waals surface area contributed by atoms with Crippen LogP contribution >= 0.6 is 0 Å². The Kier molecular flexibility index (Phi) is 33.9. The van der Waals surface area contributed by atoms with Crippen LogP contribution in [0.1, 0.15) is 53.4 Å². The van der Waals surface area contributed by atoms with E-state index in [0.717, 1.165) is 0 Å². The van der Waals surface area contributed by atoms with Crippen molar-refractivity contribution in [3.05, 3.63) is 0 Å². The van der Waals surface area contributed by atoms with Crippen LogP contribution in [-0.4, -0.2) is 47.1 Å². The monoisotopic (exact) mass is 287 g/mol. The van der Waals surface area contributed by atoms with Gasteiger partial charge >= 0.3 is 0 Å². The van der Waals surface area contributed by atoms with Gasteiger partial charge in [-0.05, 0) is 25.7 Å². The fraction of sp³-hybridized carbons (Fsp3) is 1.00. The van der Waals surface area contributed by atoms with Gasteiger partial charge in [-0.15, -0.1) is 0 Å². The zero-order valence-corrected chi connectivity index (χ0v) is 13.6. The van der Waals surface area contributed by atoms with E-state index in [1.54, 1.807) is 0 Å². The van der Waals surface area contributed by atoms with Crippen LogP contribution in [0.15, 0.2) is 0 Å². The Bertz CT molecular complexity index is 96.8. The van der Waals surface area contributed by atoms with Crippen molar-refractivity contribution in [1.29, 1.82) is 0 Å². The molecule has 0 aliphatic heterocycles. The summed E-state index contributed by atoms with van der Waals surface area (Å²) in [6, 6.07) is 0. The Labute approximate surface area is 122 Å². The van der Waals surface area contributed by atoms with E-state index >= 15 is 0 Å². The number of nitrogens with zero attached hydrogens (tertiary/aromatic N) is 1. The number of quaternary nitrogens is 1. The summed E-state index contributed by atoms with van der Waals surface area (Å²) < 4.78 is 1.38. The smallest absolute Gasteiger partial charge is 0.0783 e. The van der Waals surface area contributed by atoms with E-state index in [2.05, 4.69) is 27.7 Å². The van der Waals surface area contributed by atoms with E-state index in [0.29, 0.717) is 0 Å². The third-order valence-electron chi connectivity index (χ3n) is 2.79. The van der Waals surface area contributed by atoms with Crippen molar-refractivity contribution in [3.8, 4) is 0 Å². The molecule has 5 heteroatoms. The van der Waals surface area contributed by atoms with Gasteiger partial charge in [-0.3, -0.25) is 0 Å². The van der Waals surface area contributed by atoms with Gasteiger partial charge in [-0.25, -0.2) is 0 Å². The van der Waals surface area contributed by atoms with Gasteiger partial charge in [0.05, 0.1) is 26.2 Å². The predicted molar refractivity (Wildman–Crippen MR) is 70.1 cm³/mol. The minimum absolute atomic E-state index is 0. The van der Waals surface area contributed by atoms with Gasteiger partial charge in [0.2, 0.25) is 0 Å². The molecule has 0 radical (unpaired) electrons. The van der Waals surface area contributed by atoms with Crippen LogP contribution in [0.2, 0.25) is 0 Å². The Balaban J connectivity index is -0.000000120. The quantitative estimate of drug-likeness (QED) is 0.492. The molecule has 0 aromatic carbocycles. The molecule has 0 saturated carbocycles. The molecule has 0 heterocycles. The van der Waals surface area contributed by atoms with Crippen LogP contribution < -0.4 is 0 Å².